The first-order valence-corrected chi connectivity index (χ1v) is 8.64. The van der Waals surface area contributed by atoms with Gasteiger partial charge in [0.2, 0.25) is 0 Å². The third-order valence-corrected chi connectivity index (χ3v) is 6.00. The molecule has 0 aliphatic rings. The molecule has 0 atom stereocenters. The second kappa shape index (κ2) is 6.67. The first-order chi connectivity index (χ1) is 5.62. The fourth-order valence-corrected chi connectivity index (χ4v) is 4.50. The largest absolute Gasteiger partial charge is 0.396 e. The molecular weight excluding hydrogens is 164 g/mol. The minimum Gasteiger partial charge on any atom is -0.396 e. The number of unbranched alkanes of at least 4 members (excludes halogenated alkanes) is 2. The van der Waals surface area contributed by atoms with Gasteiger partial charge in [-0.25, -0.2) is 0 Å². The Hall–Kier alpha value is 0.177. The summed E-state index contributed by atoms with van der Waals surface area (Å²) in [7, 11) is -0.835. The minimum atomic E-state index is -0.835. The van der Waals surface area contributed by atoms with E-state index in [0.29, 0.717) is 6.61 Å². The maximum atomic E-state index is 8.61. The van der Waals surface area contributed by atoms with E-state index in [2.05, 4.69) is 20.0 Å². The van der Waals surface area contributed by atoms with Gasteiger partial charge in [-0.05, 0) is 6.42 Å². The Morgan fingerprint density at radius 2 is 1.67 bits per heavy atom. The fourth-order valence-electron chi connectivity index (χ4n) is 1.69. The molecule has 0 radical (unpaired) electrons. The molecule has 0 saturated heterocycles. The Balaban J connectivity index is 3.33. The SMILES string of the molecule is CCC[Si](C)(C)CCCCCO. The van der Waals surface area contributed by atoms with Crippen LogP contribution in [-0.4, -0.2) is 19.8 Å². The van der Waals surface area contributed by atoms with Gasteiger partial charge in [-0.1, -0.05) is 51.4 Å². The van der Waals surface area contributed by atoms with Crippen LogP contribution in [0.5, 0.6) is 0 Å². The van der Waals surface area contributed by atoms with Crippen LogP contribution >= 0.6 is 0 Å². The van der Waals surface area contributed by atoms with Crippen LogP contribution < -0.4 is 0 Å². The van der Waals surface area contributed by atoms with Gasteiger partial charge in [0.25, 0.3) is 0 Å². The van der Waals surface area contributed by atoms with Gasteiger partial charge < -0.3 is 5.11 Å². The van der Waals surface area contributed by atoms with Crippen molar-refractivity contribution in [3.63, 3.8) is 0 Å². The molecule has 0 heterocycles. The molecule has 0 rings (SSSR count). The summed E-state index contributed by atoms with van der Waals surface area (Å²) in [4.78, 5) is 0. The summed E-state index contributed by atoms with van der Waals surface area (Å²) < 4.78 is 0. The predicted molar refractivity (Wildman–Crippen MR) is 58.3 cm³/mol. The molecule has 1 nitrogen and oxygen atoms in total. The van der Waals surface area contributed by atoms with Crippen molar-refractivity contribution < 1.29 is 5.11 Å². The molecule has 0 aromatic heterocycles. The normalized spacial score (nSPS) is 12.0. The Morgan fingerprint density at radius 1 is 1.00 bits per heavy atom. The highest BCUT2D eigenvalue weighted by molar-refractivity contribution is 6.77. The smallest absolute Gasteiger partial charge is 0.0473 e. The summed E-state index contributed by atoms with van der Waals surface area (Å²) in [5.41, 5.74) is 0. The summed E-state index contributed by atoms with van der Waals surface area (Å²) >= 11 is 0. The summed E-state index contributed by atoms with van der Waals surface area (Å²) in [6.07, 6.45) is 4.90. The molecule has 74 valence electrons. The number of aliphatic hydroxyl groups is 1. The van der Waals surface area contributed by atoms with Crippen LogP contribution in [0.4, 0.5) is 0 Å². The minimum absolute atomic E-state index is 0.371. The zero-order chi connectivity index (χ0) is 9.45. The molecular formula is C10H24OSi. The molecule has 0 unspecified atom stereocenters. The molecule has 0 spiro atoms. The van der Waals surface area contributed by atoms with Crippen molar-refractivity contribution in [1.29, 1.82) is 0 Å². The van der Waals surface area contributed by atoms with Gasteiger partial charge in [-0.3, -0.25) is 0 Å². The Bertz CT molecular complexity index is 102. The molecule has 0 aromatic rings. The summed E-state index contributed by atoms with van der Waals surface area (Å²) in [5.74, 6) is 0. The third kappa shape index (κ3) is 6.86. The highest BCUT2D eigenvalue weighted by atomic mass is 28.3. The lowest BCUT2D eigenvalue weighted by atomic mass is 10.3. The molecule has 0 aliphatic heterocycles. The summed E-state index contributed by atoms with van der Waals surface area (Å²) in [6.45, 7) is 7.61. The van der Waals surface area contributed by atoms with Crippen LogP contribution in [0.25, 0.3) is 0 Å². The van der Waals surface area contributed by atoms with Crippen molar-refractivity contribution in [2.75, 3.05) is 6.61 Å². The molecule has 0 fully saturated rings. The summed E-state index contributed by atoms with van der Waals surface area (Å²) in [6, 6.07) is 2.91. The number of hydrogen-bond acceptors (Lipinski definition) is 1. The maximum Gasteiger partial charge on any atom is 0.0473 e. The van der Waals surface area contributed by atoms with Gasteiger partial charge in [0.1, 0.15) is 0 Å². The molecule has 0 amide bonds. The maximum absolute atomic E-state index is 8.61. The van der Waals surface area contributed by atoms with Crippen LogP contribution in [0.15, 0.2) is 0 Å². The van der Waals surface area contributed by atoms with E-state index >= 15 is 0 Å². The molecule has 0 aromatic carbocycles. The number of rotatable bonds is 7. The highest BCUT2D eigenvalue weighted by Gasteiger charge is 2.17. The van der Waals surface area contributed by atoms with E-state index in [1.165, 1.54) is 31.4 Å². The third-order valence-electron chi connectivity index (χ3n) is 2.44. The van der Waals surface area contributed by atoms with E-state index in [9.17, 15) is 0 Å². The lowest BCUT2D eigenvalue weighted by molar-refractivity contribution is 0.284. The molecule has 12 heavy (non-hydrogen) atoms. The van der Waals surface area contributed by atoms with Gasteiger partial charge in [0.05, 0.1) is 0 Å². The van der Waals surface area contributed by atoms with Crippen molar-refractivity contribution in [2.45, 2.75) is 57.8 Å². The van der Waals surface area contributed by atoms with Crippen LogP contribution in [-0.2, 0) is 0 Å². The van der Waals surface area contributed by atoms with E-state index in [1.54, 1.807) is 0 Å². The topological polar surface area (TPSA) is 20.2 Å². The van der Waals surface area contributed by atoms with Crippen molar-refractivity contribution in [3.05, 3.63) is 0 Å². The van der Waals surface area contributed by atoms with E-state index in [1.807, 2.05) is 0 Å². The monoisotopic (exact) mass is 188 g/mol. The molecule has 0 aliphatic carbocycles. The first-order valence-electron chi connectivity index (χ1n) is 5.23. The van der Waals surface area contributed by atoms with E-state index in [0.717, 1.165) is 6.42 Å². The van der Waals surface area contributed by atoms with Gasteiger partial charge in [-0.2, -0.15) is 0 Å². The zero-order valence-corrected chi connectivity index (χ0v) is 9.90. The average Bonchev–Trinajstić information content (AvgIpc) is 1.98. The van der Waals surface area contributed by atoms with Crippen molar-refractivity contribution in [1.82, 2.24) is 0 Å². The molecule has 2 heteroatoms. The van der Waals surface area contributed by atoms with Crippen LogP contribution in [0, 0.1) is 0 Å². The Morgan fingerprint density at radius 3 is 2.17 bits per heavy atom. The highest BCUT2D eigenvalue weighted by Crippen LogP contribution is 2.20. The van der Waals surface area contributed by atoms with E-state index in [4.69, 9.17) is 5.11 Å². The van der Waals surface area contributed by atoms with Gasteiger partial charge in [0.15, 0.2) is 0 Å². The second-order valence-corrected chi connectivity index (χ2v) is 9.78. The predicted octanol–water partition coefficient (Wildman–Crippen LogP) is 3.27. The van der Waals surface area contributed by atoms with Crippen LogP contribution in [0.2, 0.25) is 25.2 Å². The van der Waals surface area contributed by atoms with Crippen molar-refractivity contribution in [3.8, 4) is 0 Å². The zero-order valence-electron chi connectivity index (χ0n) is 8.90. The Kier molecular flexibility index (Phi) is 6.77. The Labute approximate surface area is 78.2 Å². The van der Waals surface area contributed by atoms with Gasteiger partial charge in [0, 0.05) is 14.7 Å². The first kappa shape index (κ1) is 12.2. The number of hydrogen-bond donors (Lipinski definition) is 1. The lowest BCUT2D eigenvalue weighted by Gasteiger charge is -2.21. The van der Waals surface area contributed by atoms with Crippen molar-refractivity contribution >= 4 is 8.07 Å². The lowest BCUT2D eigenvalue weighted by Crippen LogP contribution is -2.24. The molecule has 1 N–H and O–H groups in total. The number of aliphatic hydroxyl groups excluding tert-OH is 1. The van der Waals surface area contributed by atoms with Crippen LogP contribution in [0.1, 0.15) is 32.6 Å². The standard InChI is InChI=1S/C10H24OSi/c1-4-9-12(2,3)10-7-5-6-8-11/h11H,4-10H2,1-3H3. The van der Waals surface area contributed by atoms with E-state index in [-0.39, 0.29) is 0 Å². The van der Waals surface area contributed by atoms with E-state index < -0.39 is 8.07 Å². The van der Waals surface area contributed by atoms with Crippen LogP contribution in [0.3, 0.4) is 0 Å². The van der Waals surface area contributed by atoms with Gasteiger partial charge in [-0.15, -0.1) is 0 Å². The average molecular weight is 188 g/mol. The molecule has 0 saturated carbocycles. The van der Waals surface area contributed by atoms with Gasteiger partial charge >= 0.3 is 0 Å². The second-order valence-electron chi connectivity index (χ2n) is 4.45. The fraction of sp³-hybridized carbons (Fsp3) is 1.00. The summed E-state index contributed by atoms with van der Waals surface area (Å²) in [5, 5.41) is 8.61. The molecule has 0 bridgehead atoms. The quantitative estimate of drug-likeness (QED) is 0.480. The van der Waals surface area contributed by atoms with Crippen molar-refractivity contribution in [2.24, 2.45) is 0 Å².